The van der Waals surface area contributed by atoms with Gasteiger partial charge in [-0.25, -0.2) is 8.78 Å². The first kappa shape index (κ1) is 13.4. The highest BCUT2D eigenvalue weighted by atomic mass is 19.1. The van der Waals surface area contributed by atoms with Crippen molar-refractivity contribution < 1.29 is 13.5 Å². The number of rotatable bonds is 2. The number of benzene rings is 1. The van der Waals surface area contributed by atoms with Crippen LogP contribution in [0, 0.1) is 30.4 Å². The van der Waals surface area contributed by atoms with Gasteiger partial charge in [0, 0.05) is 24.8 Å². The van der Waals surface area contributed by atoms with Gasteiger partial charge in [0.05, 0.1) is 0 Å². The molecule has 0 saturated carbocycles. The van der Waals surface area contributed by atoms with Crippen LogP contribution in [0.2, 0.25) is 0 Å². The number of nitrogens with two attached hydrogens (primary N) is 1. The third-order valence-corrected chi connectivity index (χ3v) is 3.81. The lowest BCUT2D eigenvalue weighted by Crippen LogP contribution is -2.34. The van der Waals surface area contributed by atoms with Crippen molar-refractivity contribution in [2.24, 2.45) is 17.6 Å². The van der Waals surface area contributed by atoms with Gasteiger partial charge >= 0.3 is 0 Å². The number of ether oxygens (including phenoxy) is 1. The summed E-state index contributed by atoms with van der Waals surface area (Å²) in [6.07, 6.45) is 0.789. The smallest absolute Gasteiger partial charge is 0.128 e. The summed E-state index contributed by atoms with van der Waals surface area (Å²) in [5.74, 6) is -0.422. The second kappa shape index (κ2) is 5.33. The molecule has 1 aliphatic rings. The Labute approximate surface area is 106 Å². The van der Waals surface area contributed by atoms with E-state index in [1.54, 1.807) is 6.92 Å². The van der Waals surface area contributed by atoms with E-state index in [4.69, 9.17) is 10.5 Å². The molecule has 1 heterocycles. The van der Waals surface area contributed by atoms with Crippen LogP contribution in [-0.4, -0.2) is 13.2 Å². The molecule has 0 radical (unpaired) electrons. The van der Waals surface area contributed by atoms with E-state index in [1.165, 1.54) is 12.1 Å². The zero-order chi connectivity index (χ0) is 13.3. The summed E-state index contributed by atoms with van der Waals surface area (Å²) in [7, 11) is 0. The van der Waals surface area contributed by atoms with E-state index in [1.807, 2.05) is 6.92 Å². The maximum absolute atomic E-state index is 13.9. The van der Waals surface area contributed by atoms with Gasteiger partial charge in [0.2, 0.25) is 0 Å². The summed E-state index contributed by atoms with van der Waals surface area (Å²) in [5, 5.41) is 0. The minimum Gasteiger partial charge on any atom is -0.381 e. The molecule has 3 unspecified atom stereocenters. The minimum atomic E-state index is -0.473. The van der Waals surface area contributed by atoms with Crippen LogP contribution < -0.4 is 5.73 Å². The normalized spacial score (nSPS) is 26.1. The number of hydrogen-bond acceptors (Lipinski definition) is 2. The first-order valence-corrected chi connectivity index (χ1v) is 6.29. The largest absolute Gasteiger partial charge is 0.381 e. The van der Waals surface area contributed by atoms with Crippen molar-refractivity contribution in [2.45, 2.75) is 26.3 Å². The predicted molar refractivity (Wildman–Crippen MR) is 66.1 cm³/mol. The van der Waals surface area contributed by atoms with E-state index in [-0.39, 0.29) is 17.4 Å². The topological polar surface area (TPSA) is 35.2 Å². The number of hydrogen-bond donors (Lipinski definition) is 1. The molecule has 2 N–H and O–H groups in total. The van der Waals surface area contributed by atoms with Crippen LogP contribution in [0.15, 0.2) is 12.1 Å². The molecule has 0 spiro atoms. The Morgan fingerprint density at radius 3 is 2.72 bits per heavy atom. The van der Waals surface area contributed by atoms with Crippen molar-refractivity contribution in [2.75, 3.05) is 13.2 Å². The Bertz CT molecular complexity index is 436. The third kappa shape index (κ3) is 2.54. The Morgan fingerprint density at radius 1 is 1.33 bits per heavy atom. The summed E-state index contributed by atoms with van der Waals surface area (Å²) >= 11 is 0. The molecule has 0 aliphatic carbocycles. The molecule has 18 heavy (non-hydrogen) atoms. The standard InChI is InChI=1S/C14H19F2NO/c1-8-5-13(16)11(6-12(8)15)14(17)10-3-4-18-7-9(10)2/h5-6,9-10,14H,3-4,7,17H2,1-2H3. The van der Waals surface area contributed by atoms with Gasteiger partial charge in [-0.15, -0.1) is 0 Å². The summed E-state index contributed by atoms with van der Waals surface area (Å²) in [4.78, 5) is 0. The van der Waals surface area contributed by atoms with E-state index < -0.39 is 17.7 Å². The van der Waals surface area contributed by atoms with Gasteiger partial charge in [-0.3, -0.25) is 0 Å². The predicted octanol–water partition coefficient (Wildman–Crippen LogP) is 2.95. The van der Waals surface area contributed by atoms with Gasteiger partial charge < -0.3 is 10.5 Å². The highest BCUT2D eigenvalue weighted by molar-refractivity contribution is 5.28. The summed E-state index contributed by atoms with van der Waals surface area (Å²) in [6, 6.07) is 1.98. The number of halogens is 2. The molecule has 1 fully saturated rings. The highest BCUT2D eigenvalue weighted by Crippen LogP contribution is 2.33. The Kier molecular flexibility index (Phi) is 3.97. The molecule has 2 rings (SSSR count). The zero-order valence-corrected chi connectivity index (χ0v) is 10.7. The summed E-state index contributed by atoms with van der Waals surface area (Å²) < 4.78 is 32.8. The maximum atomic E-state index is 13.9. The van der Waals surface area contributed by atoms with E-state index in [0.717, 1.165) is 6.42 Å². The number of aryl methyl sites for hydroxylation is 1. The molecule has 0 aromatic heterocycles. The fourth-order valence-electron chi connectivity index (χ4n) is 2.58. The average molecular weight is 255 g/mol. The fraction of sp³-hybridized carbons (Fsp3) is 0.571. The lowest BCUT2D eigenvalue weighted by molar-refractivity contribution is 0.0150. The van der Waals surface area contributed by atoms with Crippen molar-refractivity contribution in [1.29, 1.82) is 0 Å². The van der Waals surface area contributed by atoms with E-state index in [9.17, 15) is 8.78 Å². The molecule has 100 valence electrons. The Hall–Kier alpha value is -1.00. The van der Waals surface area contributed by atoms with Gasteiger partial charge in [-0.05, 0) is 42.9 Å². The Morgan fingerprint density at radius 2 is 2.06 bits per heavy atom. The molecule has 1 saturated heterocycles. The van der Waals surface area contributed by atoms with Gasteiger partial charge in [-0.2, -0.15) is 0 Å². The minimum absolute atomic E-state index is 0.135. The van der Waals surface area contributed by atoms with E-state index in [2.05, 4.69) is 0 Å². The van der Waals surface area contributed by atoms with Crippen molar-refractivity contribution in [3.8, 4) is 0 Å². The van der Waals surface area contributed by atoms with Gasteiger partial charge in [0.15, 0.2) is 0 Å². The SMILES string of the molecule is Cc1cc(F)c(C(N)C2CCOCC2C)cc1F. The molecule has 0 bridgehead atoms. The molecule has 1 aliphatic heterocycles. The van der Waals surface area contributed by atoms with Crippen LogP contribution in [0.25, 0.3) is 0 Å². The monoisotopic (exact) mass is 255 g/mol. The van der Waals surface area contributed by atoms with Crippen molar-refractivity contribution in [3.05, 3.63) is 34.9 Å². The van der Waals surface area contributed by atoms with Gasteiger partial charge in [0.1, 0.15) is 11.6 Å². The maximum Gasteiger partial charge on any atom is 0.128 e. The van der Waals surface area contributed by atoms with Crippen LogP contribution in [0.1, 0.15) is 30.5 Å². The van der Waals surface area contributed by atoms with Crippen molar-refractivity contribution in [1.82, 2.24) is 0 Å². The summed E-state index contributed by atoms with van der Waals surface area (Å²) in [6.45, 7) is 4.85. The second-order valence-corrected chi connectivity index (χ2v) is 5.15. The van der Waals surface area contributed by atoms with Crippen LogP contribution in [-0.2, 0) is 4.74 Å². The quantitative estimate of drug-likeness (QED) is 0.881. The lowest BCUT2D eigenvalue weighted by Gasteiger charge is -2.33. The van der Waals surface area contributed by atoms with Crippen molar-refractivity contribution >= 4 is 0 Å². The lowest BCUT2D eigenvalue weighted by atomic mass is 9.81. The van der Waals surface area contributed by atoms with Crippen LogP contribution in [0.5, 0.6) is 0 Å². The first-order chi connectivity index (χ1) is 8.50. The van der Waals surface area contributed by atoms with Crippen LogP contribution >= 0.6 is 0 Å². The van der Waals surface area contributed by atoms with Gasteiger partial charge in [0.25, 0.3) is 0 Å². The molecule has 1 aromatic carbocycles. The zero-order valence-electron chi connectivity index (χ0n) is 10.7. The highest BCUT2D eigenvalue weighted by Gasteiger charge is 2.30. The molecule has 3 atom stereocenters. The average Bonchev–Trinajstić information content (AvgIpc) is 2.33. The molecular weight excluding hydrogens is 236 g/mol. The third-order valence-electron chi connectivity index (χ3n) is 3.81. The molecule has 4 heteroatoms. The summed E-state index contributed by atoms with van der Waals surface area (Å²) in [5.41, 5.74) is 6.70. The van der Waals surface area contributed by atoms with Crippen LogP contribution in [0.4, 0.5) is 8.78 Å². The second-order valence-electron chi connectivity index (χ2n) is 5.15. The molecular formula is C14H19F2NO. The molecule has 1 aromatic rings. The van der Waals surface area contributed by atoms with Gasteiger partial charge in [-0.1, -0.05) is 6.92 Å². The molecule has 2 nitrogen and oxygen atoms in total. The van der Waals surface area contributed by atoms with Crippen molar-refractivity contribution in [3.63, 3.8) is 0 Å². The Balaban J connectivity index is 2.27. The van der Waals surface area contributed by atoms with E-state index >= 15 is 0 Å². The molecule has 0 amide bonds. The van der Waals surface area contributed by atoms with Crippen LogP contribution in [0.3, 0.4) is 0 Å². The first-order valence-electron chi connectivity index (χ1n) is 6.29. The van der Waals surface area contributed by atoms with E-state index in [0.29, 0.717) is 18.8 Å². The fourth-order valence-corrected chi connectivity index (χ4v) is 2.58.